The van der Waals surface area contributed by atoms with Gasteiger partial charge in [-0.25, -0.2) is 0 Å². The molecular formula is C52H96O4. The van der Waals surface area contributed by atoms with Crippen LogP contribution in [0.1, 0.15) is 251 Å². The predicted octanol–water partition coefficient (Wildman–Crippen LogP) is 16.6. The fourth-order valence-electron chi connectivity index (χ4n) is 7.26. The van der Waals surface area contributed by atoms with E-state index in [1.54, 1.807) is 0 Å². The number of carbonyl (C=O) groups is 1. The van der Waals surface area contributed by atoms with Gasteiger partial charge >= 0.3 is 5.97 Å². The molecule has 0 saturated heterocycles. The van der Waals surface area contributed by atoms with Crippen molar-refractivity contribution < 1.29 is 19.4 Å². The van der Waals surface area contributed by atoms with Gasteiger partial charge in [-0.3, -0.25) is 4.79 Å². The third-order valence-electron chi connectivity index (χ3n) is 10.9. The first-order valence-electron chi connectivity index (χ1n) is 24.7. The average molecular weight is 785 g/mol. The van der Waals surface area contributed by atoms with Crippen molar-refractivity contribution in [2.45, 2.75) is 258 Å². The Morgan fingerprint density at radius 1 is 0.446 bits per heavy atom. The molecule has 0 aromatic carbocycles. The van der Waals surface area contributed by atoms with Crippen LogP contribution in [-0.2, 0) is 14.3 Å². The molecule has 1 N–H and O–H groups in total. The van der Waals surface area contributed by atoms with E-state index >= 15 is 0 Å². The second kappa shape index (κ2) is 49.5. The van der Waals surface area contributed by atoms with E-state index in [2.05, 4.69) is 62.5 Å². The van der Waals surface area contributed by atoms with E-state index in [0.717, 1.165) is 44.9 Å². The van der Waals surface area contributed by atoms with Gasteiger partial charge < -0.3 is 14.6 Å². The summed E-state index contributed by atoms with van der Waals surface area (Å²) < 4.78 is 11.2. The Morgan fingerprint density at radius 3 is 1.21 bits per heavy atom. The summed E-state index contributed by atoms with van der Waals surface area (Å²) in [5.41, 5.74) is 0. The van der Waals surface area contributed by atoms with Crippen molar-refractivity contribution in [2.75, 3.05) is 19.8 Å². The van der Waals surface area contributed by atoms with Gasteiger partial charge in [0.2, 0.25) is 0 Å². The lowest BCUT2D eigenvalue weighted by atomic mass is 10.0. The number of esters is 1. The van der Waals surface area contributed by atoms with Crippen molar-refractivity contribution in [3.05, 3.63) is 48.6 Å². The van der Waals surface area contributed by atoms with E-state index < -0.39 is 6.10 Å². The Labute approximate surface area is 350 Å². The Morgan fingerprint density at radius 2 is 0.804 bits per heavy atom. The van der Waals surface area contributed by atoms with Crippen molar-refractivity contribution in [3.63, 3.8) is 0 Å². The van der Waals surface area contributed by atoms with Crippen LogP contribution in [-0.4, -0.2) is 37.0 Å². The first-order valence-corrected chi connectivity index (χ1v) is 24.7. The molecule has 56 heavy (non-hydrogen) atoms. The summed E-state index contributed by atoms with van der Waals surface area (Å²) in [6.07, 6.45) is 64.8. The van der Waals surface area contributed by atoms with E-state index in [4.69, 9.17) is 9.47 Å². The number of rotatable bonds is 46. The molecule has 0 spiro atoms. The SMILES string of the molecule is CC/C=C\C/C=C\C/C=C\C/C=C\CCCCCCCCCCCCCOCC(CO)OC(=O)CCCCCCCCCCCCCCCCCCCCCC. The predicted molar refractivity (Wildman–Crippen MR) is 247 cm³/mol. The molecule has 0 saturated carbocycles. The third-order valence-corrected chi connectivity index (χ3v) is 10.9. The minimum absolute atomic E-state index is 0.170. The number of allylic oxidation sites excluding steroid dienone is 8. The molecule has 0 aliphatic rings. The maximum absolute atomic E-state index is 12.3. The quantitative estimate of drug-likeness (QED) is 0.0379. The van der Waals surface area contributed by atoms with Gasteiger partial charge in [-0.2, -0.15) is 0 Å². The molecule has 0 aliphatic carbocycles. The fraction of sp³-hybridized carbons (Fsp3) is 0.827. The molecule has 0 bridgehead atoms. The highest BCUT2D eigenvalue weighted by Gasteiger charge is 2.13. The Bertz CT molecular complexity index is 874. The smallest absolute Gasteiger partial charge is 0.306 e. The molecule has 0 radical (unpaired) electrons. The lowest BCUT2D eigenvalue weighted by Gasteiger charge is -2.16. The van der Waals surface area contributed by atoms with Crippen LogP contribution in [0.25, 0.3) is 0 Å². The molecule has 1 unspecified atom stereocenters. The highest BCUT2D eigenvalue weighted by molar-refractivity contribution is 5.69. The first kappa shape index (κ1) is 54.3. The Balaban J connectivity index is 3.39. The minimum Gasteiger partial charge on any atom is -0.457 e. The number of aliphatic hydroxyl groups excluding tert-OH is 1. The maximum atomic E-state index is 12.3. The highest BCUT2D eigenvalue weighted by Crippen LogP contribution is 2.16. The Hall–Kier alpha value is -1.65. The van der Waals surface area contributed by atoms with Crippen LogP contribution in [0.4, 0.5) is 0 Å². The van der Waals surface area contributed by atoms with Gasteiger partial charge in [0.25, 0.3) is 0 Å². The topological polar surface area (TPSA) is 55.8 Å². The van der Waals surface area contributed by atoms with Crippen LogP contribution in [0.3, 0.4) is 0 Å². The number of carbonyl (C=O) groups excluding carboxylic acids is 1. The van der Waals surface area contributed by atoms with Gasteiger partial charge in [-0.1, -0.05) is 242 Å². The van der Waals surface area contributed by atoms with Gasteiger partial charge in [-0.05, 0) is 51.4 Å². The van der Waals surface area contributed by atoms with Gasteiger partial charge in [0.05, 0.1) is 13.2 Å². The van der Waals surface area contributed by atoms with E-state index in [-0.39, 0.29) is 12.6 Å². The second-order valence-corrected chi connectivity index (χ2v) is 16.5. The molecule has 0 fully saturated rings. The lowest BCUT2D eigenvalue weighted by Crippen LogP contribution is -2.27. The zero-order valence-electron chi connectivity index (χ0n) is 37.7. The molecule has 328 valence electrons. The molecule has 0 heterocycles. The molecule has 0 amide bonds. The van der Waals surface area contributed by atoms with Gasteiger partial charge in [0, 0.05) is 13.0 Å². The van der Waals surface area contributed by atoms with Crippen LogP contribution >= 0.6 is 0 Å². The standard InChI is InChI=1S/C52H96O4/c1-3-5-7-9-11-13-15-17-19-21-23-25-26-27-28-30-32-34-36-38-40-42-44-46-48-55-50-51(49-53)56-52(54)47-45-43-41-39-37-35-33-31-29-24-22-20-18-16-14-12-10-8-6-4-2/h5,7,11,13,17,19,23,25,51,53H,3-4,6,8-10,12,14-16,18,20-22,24,26-50H2,1-2H3/b7-5-,13-11-,19-17-,25-23-. The average Bonchev–Trinajstić information content (AvgIpc) is 3.20. The lowest BCUT2D eigenvalue weighted by molar-refractivity contribution is -0.154. The third kappa shape index (κ3) is 46.7. The molecular weight excluding hydrogens is 689 g/mol. The summed E-state index contributed by atoms with van der Waals surface area (Å²) in [5.74, 6) is -0.197. The van der Waals surface area contributed by atoms with E-state index in [1.165, 1.54) is 186 Å². The van der Waals surface area contributed by atoms with Crippen LogP contribution in [0.2, 0.25) is 0 Å². The van der Waals surface area contributed by atoms with Crippen molar-refractivity contribution >= 4 is 5.97 Å². The largest absolute Gasteiger partial charge is 0.457 e. The van der Waals surface area contributed by atoms with Crippen LogP contribution in [0, 0.1) is 0 Å². The van der Waals surface area contributed by atoms with Crippen molar-refractivity contribution in [3.8, 4) is 0 Å². The van der Waals surface area contributed by atoms with Crippen molar-refractivity contribution in [1.82, 2.24) is 0 Å². The molecule has 4 heteroatoms. The second-order valence-electron chi connectivity index (χ2n) is 16.5. The van der Waals surface area contributed by atoms with Gasteiger partial charge in [0.1, 0.15) is 6.10 Å². The van der Waals surface area contributed by atoms with Crippen LogP contribution < -0.4 is 0 Å². The van der Waals surface area contributed by atoms with Crippen molar-refractivity contribution in [2.24, 2.45) is 0 Å². The van der Waals surface area contributed by atoms with Crippen LogP contribution in [0.15, 0.2) is 48.6 Å². The fourth-order valence-corrected chi connectivity index (χ4v) is 7.26. The summed E-state index contributed by atoms with van der Waals surface area (Å²) >= 11 is 0. The molecule has 0 aromatic rings. The van der Waals surface area contributed by atoms with E-state index in [9.17, 15) is 9.90 Å². The van der Waals surface area contributed by atoms with Gasteiger partial charge in [-0.15, -0.1) is 0 Å². The zero-order valence-corrected chi connectivity index (χ0v) is 37.7. The van der Waals surface area contributed by atoms with Crippen molar-refractivity contribution in [1.29, 1.82) is 0 Å². The molecule has 1 atom stereocenters. The van der Waals surface area contributed by atoms with Gasteiger partial charge in [0.15, 0.2) is 0 Å². The highest BCUT2D eigenvalue weighted by atomic mass is 16.6. The summed E-state index contributed by atoms with van der Waals surface area (Å²) in [5, 5.41) is 9.64. The molecule has 0 rings (SSSR count). The molecule has 4 nitrogen and oxygen atoms in total. The number of hydrogen-bond acceptors (Lipinski definition) is 4. The summed E-state index contributed by atoms with van der Waals surface area (Å²) in [6.45, 7) is 5.26. The monoisotopic (exact) mass is 785 g/mol. The Kier molecular flexibility index (Phi) is 48.0. The number of aliphatic hydroxyl groups is 1. The van der Waals surface area contributed by atoms with Crippen LogP contribution in [0.5, 0.6) is 0 Å². The van der Waals surface area contributed by atoms with E-state index in [1.807, 2.05) is 0 Å². The number of ether oxygens (including phenoxy) is 2. The summed E-state index contributed by atoms with van der Waals surface area (Å²) in [4.78, 5) is 12.3. The molecule has 0 aliphatic heterocycles. The number of unbranched alkanes of at least 4 members (excludes halogenated alkanes) is 30. The zero-order chi connectivity index (χ0) is 40.5. The summed E-state index contributed by atoms with van der Waals surface area (Å²) in [7, 11) is 0. The maximum Gasteiger partial charge on any atom is 0.306 e. The number of hydrogen-bond donors (Lipinski definition) is 1. The minimum atomic E-state index is -0.535. The first-order chi connectivity index (χ1) is 27.7. The van der Waals surface area contributed by atoms with E-state index in [0.29, 0.717) is 19.6 Å². The summed E-state index contributed by atoms with van der Waals surface area (Å²) in [6, 6.07) is 0. The molecule has 0 aromatic heterocycles. The normalized spacial score (nSPS) is 12.7.